The summed E-state index contributed by atoms with van der Waals surface area (Å²) < 4.78 is 0. The van der Waals surface area contributed by atoms with Crippen molar-refractivity contribution in [1.82, 2.24) is 5.32 Å². The molecule has 20 heavy (non-hydrogen) atoms. The highest BCUT2D eigenvalue weighted by molar-refractivity contribution is 5.47. The molecule has 3 rings (SSSR count). The number of aliphatic hydroxyl groups is 1. The number of nitrogens with zero attached hydrogens (tertiary/aromatic N) is 1. The maximum atomic E-state index is 10.2. The molecular formula is C17H20N2O. The van der Waals surface area contributed by atoms with Crippen LogP contribution in [0.4, 0.5) is 5.69 Å². The van der Waals surface area contributed by atoms with Gasteiger partial charge in [-0.1, -0.05) is 48.5 Å². The molecule has 1 aliphatic heterocycles. The van der Waals surface area contributed by atoms with E-state index >= 15 is 0 Å². The van der Waals surface area contributed by atoms with Gasteiger partial charge in [-0.3, -0.25) is 0 Å². The topological polar surface area (TPSA) is 35.5 Å². The second-order valence-electron chi connectivity index (χ2n) is 5.28. The summed E-state index contributed by atoms with van der Waals surface area (Å²) in [6, 6.07) is 20.7. The Morgan fingerprint density at radius 3 is 2.30 bits per heavy atom. The zero-order chi connectivity index (χ0) is 13.8. The minimum atomic E-state index is -0.320. The van der Waals surface area contributed by atoms with Gasteiger partial charge in [-0.15, -0.1) is 0 Å². The molecule has 0 aliphatic carbocycles. The first-order valence-corrected chi connectivity index (χ1v) is 7.08. The SMILES string of the molecule is OC1CN(c2ccccc2)CC1NCc1ccccc1. The zero-order valence-electron chi connectivity index (χ0n) is 11.4. The van der Waals surface area contributed by atoms with Gasteiger partial charge in [0.1, 0.15) is 0 Å². The third kappa shape index (κ3) is 3.00. The summed E-state index contributed by atoms with van der Waals surface area (Å²) in [5.74, 6) is 0. The summed E-state index contributed by atoms with van der Waals surface area (Å²) in [4.78, 5) is 2.23. The van der Waals surface area contributed by atoms with Gasteiger partial charge < -0.3 is 15.3 Å². The lowest BCUT2D eigenvalue weighted by atomic mass is 10.2. The van der Waals surface area contributed by atoms with Crippen LogP contribution in [0, 0.1) is 0 Å². The van der Waals surface area contributed by atoms with Crippen LogP contribution in [0.3, 0.4) is 0 Å². The number of para-hydroxylation sites is 1. The molecule has 0 aromatic heterocycles. The van der Waals surface area contributed by atoms with Gasteiger partial charge >= 0.3 is 0 Å². The van der Waals surface area contributed by atoms with E-state index in [4.69, 9.17) is 0 Å². The molecule has 1 saturated heterocycles. The van der Waals surface area contributed by atoms with Crippen molar-refractivity contribution in [2.24, 2.45) is 0 Å². The van der Waals surface area contributed by atoms with Crippen molar-refractivity contribution in [3.8, 4) is 0 Å². The molecule has 0 bridgehead atoms. The fraction of sp³-hybridized carbons (Fsp3) is 0.294. The van der Waals surface area contributed by atoms with Crippen LogP contribution in [-0.2, 0) is 6.54 Å². The van der Waals surface area contributed by atoms with Crippen LogP contribution in [0.1, 0.15) is 5.56 Å². The number of rotatable bonds is 4. The van der Waals surface area contributed by atoms with E-state index in [1.165, 1.54) is 11.3 Å². The highest BCUT2D eigenvalue weighted by Crippen LogP contribution is 2.20. The molecule has 1 fully saturated rings. The minimum absolute atomic E-state index is 0.121. The monoisotopic (exact) mass is 268 g/mol. The Hall–Kier alpha value is -1.84. The molecule has 3 heteroatoms. The van der Waals surface area contributed by atoms with Crippen LogP contribution in [-0.4, -0.2) is 30.3 Å². The van der Waals surface area contributed by atoms with Crippen molar-refractivity contribution < 1.29 is 5.11 Å². The van der Waals surface area contributed by atoms with Crippen LogP contribution in [0.2, 0.25) is 0 Å². The first-order chi connectivity index (χ1) is 9.83. The Balaban J connectivity index is 1.59. The molecule has 0 amide bonds. The highest BCUT2D eigenvalue weighted by atomic mass is 16.3. The predicted molar refractivity (Wildman–Crippen MR) is 81.7 cm³/mol. The van der Waals surface area contributed by atoms with Gasteiger partial charge in [0.2, 0.25) is 0 Å². The first-order valence-electron chi connectivity index (χ1n) is 7.08. The van der Waals surface area contributed by atoms with E-state index < -0.39 is 0 Å². The summed E-state index contributed by atoms with van der Waals surface area (Å²) >= 11 is 0. The molecule has 2 unspecified atom stereocenters. The van der Waals surface area contributed by atoms with Crippen LogP contribution in [0.15, 0.2) is 60.7 Å². The van der Waals surface area contributed by atoms with Crippen molar-refractivity contribution in [3.63, 3.8) is 0 Å². The number of hydrogen-bond acceptors (Lipinski definition) is 3. The Morgan fingerprint density at radius 1 is 0.950 bits per heavy atom. The number of aliphatic hydroxyl groups excluding tert-OH is 1. The normalized spacial score (nSPS) is 22.1. The Morgan fingerprint density at radius 2 is 1.60 bits per heavy atom. The molecule has 2 aromatic rings. The van der Waals surface area contributed by atoms with E-state index in [1.54, 1.807) is 0 Å². The van der Waals surface area contributed by atoms with E-state index in [9.17, 15) is 5.11 Å². The molecule has 0 spiro atoms. The Labute approximate surface area is 119 Å². The Kier molecular flexibility index (Phi) is 4.00. The second kappa shape index (κ2) is 6.07. The van der Waals surface area contributed by atoms with Gasteiger partial charge in [-0.2, -0.15) is 0 Å². The van der Waals surface area contributed by atoms with Crippen molar-refractivity contribution in [3.05, 3.63) is 66.2 Å². The summed E-state index contributed by atoms with van der Waals surface area (Å²) in [6.07, 6.45) is -0.320. The standard InChI is InChI=1S/C17H20N2O/c20-17-13-19(15-9-5-2-6-10-15)12-16(17)18-11-14-7-3-1-4-8-14/h1-10,16-18,20H,11-13H2. The number of anilines is 1. The lowest BCUT2D eigenvalue weighted by molar-refractivity contribution is 0.163. The molecule has 0 saturated carbocycles. The van der Waals surface area contributed by atoms with Gasteiger partial charge in [-0.05, 0) is 17.7 Å². The maximum absolute atomic E-state index is 10.2. The number of nitrogens with one attached hydrogen (secondary N) is 1. The second-order valence-corrected chi connectivity index (χ2v) is 5.28. The highest BCUT2D eigenvalue weighted by Gasteiger charge is 2.30. The van der Waals surface area contributed by atoms with Crippen molar-refractivity contribution in [2.75, 3.05) is 18.0 Å². The third-order valence-corrected chi connectivity index (χ3v) is 3.82. The van der Waals surface area contributed by atoms with Gasteiger partial charge in [0.25, 0.3) is 0 Å². The van der Waals surface area contributed by atoms with Gasteiger partial charge in [0.05, 0.1) is 12.1 Å². The molecule has 0 radical (unpaired) electrons. The number of benzene rings is 2. The van der Waals surface area contributed by atoms with Crippen molar-refractivity contribution in [2.45, 2.75) is 18.7 Å². The van der Waals surface area contributed by atoms with E-state index in [1.807, 2.05) is 36.4 Å². The summed E-state index contributed by atoms with van der Waals surface area (Å²) in [7, 11) is 0. The van der Waals surface area contributed by atoms with E-state index in [0.717, 1.165) is 13.1 Å². The van der Waals surface area contributed by atoms with Crippen LogP contribution in [0.25, 0.3) is 0 Å². The summed E-state index contributed by atoms with van der Waals surface area (Å²) in [5, 5.41) is 13.7. The van der Waals surface area contributed by atoms with Crippen molar-refractivity contribution >= 4 is 5.69 Å². The van der Waals surface area contributed by atoms with E-state index in [2.05, 4.69) is 34.5 Å². The summed E-state index contributed by atoms with van der Waals surface area (Å²) in [6.45, 7) is 2.33. The summed E-state index contributed by atoms with van der Waals surface area (Å²) in [5.41, 5.74) is 2.42. The average Bonchev–Trinajstić information content (AvgIpc) is 2.88. The number of hydrogen-bond donors (Lipinski definition) is 2. The van der Waals surface area contributed by atoms with Crippen LogP contribution < -0.4 is 10.2 Å². The van der Waals surface area contributed by atoms with Gasteiger partial charge in [0, 0.05) is 25.3 Å². The predicted octanol–water partition coefficient (Wildman–Crippen LogP) is 2.03. The van der Waals surface area contributed by atoms with Gasteiger partial charge in [-0.25, -0.2) is 0 Å². The lowest BCUT2D eigenvalue weighted by Gasteiger charge is -2.18. The minimum Gasteiger partial charge on any atom is -0.390 e. The average molecular weight is 268 g/mol. The smallest absolute Gasteiger partial charge is 0.0885 e. The maximum Gasteiger partial charge on any atom is 0.0885 e. The van der Waals surface area contributed by atoms with Crippen molar-refractivity contribution in [1.29, 1.82) is 0 Å². The largest absolute Gasteiger partial charge is 0.390 e. The molecule has 1 aliphatic rings. The Bertz CT molecular complexity index is 529. The molecule has 2 N–H and O–H groups in total. The van der Waals surface area contributed by atoms with E-state index in [-0.39, 0.29) is 12.1 Å². The lowest BCUT2D eigenvalue weighted by Crippen LogP contribution is -2.38. The fourth-order valence-electron chi connectivity index (χ4n) is 2.68. The van der Waals surface area contributed by atoms with Crippen LogP contribution >= 0.6 is 0 Å². The third-order valence-electron chi connectivity index (χ3n) is 3.82. The molecular weight excluding hydrogens is 248 g/mol. The molecule has 3 nitrogen and oxygen atoms in total. The van der Waals surface area contributed by atoms with E-state index in [0.29, 0.717) is 6.54 Å². The van der Waals surface area contributed by atoms with Gasteiger partial charge in [0.15, 0.2) is 0 Å². The van der Waals surface area contributed by atoms with Crippen LogP contribution in [0.5, 0.6) is 0 Å². The fourth-order valence-corrected chi connectivity index (χ4v) is 2.68. The molecule has 2 atom stereocenters. The zero-order valence-corrected chi connectivity index (χ0v) is 11.4. The molecule has 2 aromatic carbocycles. The number of β-amino-alcohol motifs (C(OH)–C–C–N with tert-alkyl or cyclic N) is 1. The molecule has 1 heterocycles. The quantitative estimate of drug-likeness (QED) is 0.890. The first kappa shape index (κ1) is 13.2. The molecule has 104 valence electrons.